The van der Waals surface area contributed by atoms with Gasteiger partial charge in [-0.05, 0) is 12.8 Å². The predicted octanol–water partition coefficient (Wildman–Crippen LogP) is 2.65. The van der Waals surface area contributed by atoms with Gasteiger partial charge in [0.05, 0.1) is 5.41 Å². The summed E-state index contributed by atoms with van der Waals surface area (Å²) in [6, 6.07) is -1.80. The van der Waals surface area contributed by atoms with E-state index in [0.717, 1.165) is 0 Å². The van der Waals surface area contributed by atoms with Gasteiger partial charge in [-0.15, -0.1) is 0 Å². The first kappa shape index (κ1) is 10.5. The van der Waals surface area contributed by atoms with Gasteiger partial charge in [0.2, 0.25) is 5.92 Å². The molecule has 0 atom stereocenters. The summed E-state index contributed by atoms with van der Waals surface area (Å²) in [5.41, 5.74) is -1.78. The molecule has 0 aliphatic heterocycles. The Labute approximate surface area is 73.1 Å². The molecule has 0 aromatic carbocycles. The molecule has 1 saturated carbocycles. The van der Waals surface area contributed by atoms with Crippen LogP contribution >= 0.6 is 0 Å². The fourth-order valence-electron chi connectivity index (χ4n) is 1.48. The first-order valence-corrected chi connectivity index (χ1v) is 4.06. The zero-order chi connectivity index (χ0) is 10.1. The van der Waals surface area contributed by atoms with Crippen molar-refractivity contribution in [2.75, 3.05) is 6.67 Å². The number of hydrogen-bond donors (Lipinski definition) is 0. The lowest BCUT2D eigenvalue weighted by Gasteiger charge is -2.34. The molecule has 0 radical (unpaired) electrons. The Morgan fingerprint density at radius 2 is 1.62 bits per heavy atom. The van der Waals surface area contributed by atoms with E-state index in [2.05, 4.69) is 0 Å². The van der Waals surface area contributed by atoms with Gasteiger partial charge >= 0.3 is 6.04 Å². The molecule has 0 aromatic rings. The van der Waals surface area contributed by atoms with Gasteiger partial charge in [-0.25, -0.2) is 13.2 Å². The van der Waals surface area contributed by atoms with Gasteiger partial charge in [-0.2, -0.15) is 4.39 Å². The van der Waals surface area contributed by atoms with E-state index in [1.165, 1.54) is 0 Å². The number of carbonyl (C=O) groups excluding carboxylic acids is 1. The molecular weight excluding hydrogens is 188 g/mol. The summed E-state index contributed by atoms with van der Waals surface area (Å²) in [4.78, 5) is 10.4. The lowest BCUT2D eigenvalue weighted by atomic mass is 9.74. The Kier molecular flexibility index (Phi) is 2.63. The van der Waals surface area contributed by atoms with Crippen LogP contribution in [0.3, 0.4) is 0 Å². The molecule has 0 N–H and O–H groups in total. The highest BCUT2D eigenvalue weighted by atomic mass is 19.3. The molecule has 1 fully saturated rings. The minimum absolute atomic E-state index is 0.397. The average Bonchev–Trinajstić information content (AvgIpc) is 2.05. The third-order valence-corrected chi connectivity index (χ3v) is 2.61. The highest BCUT2D eigenvalue weighted by Gasteiger charge is 2.48. The monoisotopic (exact) mass is 198 g/mol. The van der Waals surface area contributed by atoms with Crippen LogP contribution < -0.4 is 0 Å². The van der Waals surface area contributed by atoms with Crippen LogP contribution in [-0.2, 0) is 4.79 Å². The van der Waals surface area contributed by atoms with Crippen molar-refractivity contribution < 1.29 is 22.4 Å². The van der Waals surface area contributed by atoms with Gasteiger partial charge in [0.1, 0.15) is 6.67 Å². The smallest absolute Gasteiger partial charge is 0.260 e. The maximum atomic E-state index is 12.6. The Bertz CT molecular complexity index is 204. The Balaban J connectivity index is 2.69. The van der Waals surface area contributed by atoms with Crippen LogP contribution in [0.1, 0.15) is 25.7 Å². The predicted molar refractivity (Wildman–Crippen MR) is 37.9 cm³/mol. The molecule has 1 rings (SSSR count). The average molecular weight is 198 g/mol. The molecule has 5 heteroatoms. The first-order valence-electron chi connectivity index (χ1n) is 4.06. The maximum Gasteiger partial charge on any atom is 0.310 e. The summed E-state index contributed by atoms with van der Waals surface area (Å²) < 4.78 is 49.9. The summed E-state index contributed by atoms with van der Waals surface area (Å²) in [6.45, 7) is -1.18. The molecule has 1 nitrogen and oxygen atoms in total. The molecule has 13 heavy (non-hydrogen) atoms. The summed E-state index contributed by atoms with van der Waals surface area (Å²) in [5, 5.41) is 0. The van der Waals surface area contributed by atoms with E-state index in [-0.39, 0.29) is 0 Å². The minimum Gasteiger partial charge on any atom is -0.260 e. The van der Waals surface area contributed by atoms with E-state index in [4.69, 9.17) is 0 Å². The Hall–Kier alpha value is -0.610. The number of alkyl halides is 3. The van der Waals surface area contributed by atoms with E-state index >= 15 is 0 Å². The van der Waals surface area contributed by atoms with Crippen LogP contribution in [0.25, 0.3) is 0 Å². The summed E-state index contributed by atoms with van der Waals surface area (Å²) >= 11 is 0. The Morgan fingerprint density at radius 3 is 1.92 bits per heavy atom. The molecule has 0 aromatic heterocycles. The van der Waals surface area contributed by atoms with Gasteiger partial charge in [0, 0.05) is 12.8 Å². The third kappa shape index (κ3) is 2.00. The topological polar surface area (TPSA) is 17.1 Å². The summed E-state index contributed by atoms with van der Waals surface area (Å²) in [5.74, 6) is -2.87. The van der Waals surface area contributed by atoms with Crippen molar-refractivity contribution in [2.24, 2.45) is 5.41 Å². The number of halogens is 4. The number of rotatable bonds is 2. The van der Waals surface area contributed by atoms with Crippen molar-refractivity contribution in [1.29, 1.82) is 0 Å². The van der Waals surface area contributed by atoms with Crippen LogP contribution in [0.2, 0.25) is 0 Å². The van der Waals surface area contributed by atoms with Crippen molar-refractivity contribution in [1.82, 2.24) is 0 Å². The van der Waals surface area contributed by atoms with E-state index in [0.29, 0.717) is 0 Å². The standard InChI is InChI=1S/C8H10F4O/c9-5-7(6(10)13)1-3-8(11,12)4-2-7/h1-5H2. The second-order valence-corrected chi connectivity index (χ2v) is 3.54. The molecule has 1 aliphatic carbocycles. The van der Waals surface area contributed by atoms with Crippen LogP contribution in [0.15, 0.2) is 0 Å². The van der Waals surface area contributed by atoms with Gasteiger partial charge in [0.15, 0.2) is 0 Å². The zero-order valence-electron chi connectivity index (χ0n) is 6.96. The molecule has 0 amide bonds. The summed E-state index contributed by atoms with van der Waals surface area (Å²) in [6.07, 6.45) is -2.00. The Morgan fingerprint density at radius 1 is 1.15 bits per heavy atom. The van der Waals surface area contributed by atoms with E-state index < -0.39 is 49.7 Å². The summed E-state index contributed by atoms with van der Waals surface area (Å²) in [7, 11) is 0. The zero-order valence-corrected chi connectivity index (χ0v) is 6.96. The van der Waals surface area contributed by atoms with Gasteiger partial charge in [-0.1, -0.05) is 0 Å². The SMILES string of the molecule is O=C(F)C1(CF)CCC(F)(F)CC1. The van der Waals surface area contributed by atoms with Gasteiger partial charge in [0.25, 0.3) is 0 Å². The van der Waals surface area contributed by atoms with Crippen molar-refractivity contribution >= 4 is 6.04 Å². The number of hydrogen-bond acceptors (Lipinski definition) is 1. The largest absolute Gasteiger partial charge is 0.310 e. The van der Waals surface area contributed by atoms with Crippen LogP contribution in [0, 0.1) is 5.41 Å². The molecule has 0 spiro atoms. The fraction of sp³-hybridized carbons (Fsp3) is 0.875. The van der Waals surface area contributed by atoms with Crippen LogP contribution in [0.4, 0.5) is 17.6 Å². The molecule has 0 unspecified atom stereocenters. The lowest BCUT2D eigenvalue weighted by molar-refractivity contribution is -0.149. The van der Waals surface area contributed by atoms with Gasteiger partial charge in [-0.3, -0.25) is 4.79 Å². The van der Waals surface area contributed by atoms with E-state index in [1.54, 1.807) is 0 Å². The molecular formula is C8H10F4O. The molecule has 76 valence electrons. The lowest BCUT2D eigenvalue weighted by Crippen LogP contribution is -2.39. The van der Waals surface area contributed by atoms with Crippen molar-refractivity contribution in [3.05, 3.63) is 0 Å². The van der Waals surface area contributed by atoms with Crippen LogP contribution in [-0.4, -0.2) is 18.6 Å². The fourth-order valence-corrected chi connectivity index (χ4v) is 1.48. The quantitative estimate of drug-likeness (QED) is 0.492. The van der Waals surface area contributed by atoms with E-state index in [1.807, 2.05) is 0 Å². The molecule has 0 bridgehead atoms. The normalized spacial score (nSPS) is 25.5. The number of carbonyl (C=O) groups is 1. The van der Waals surface area contributed by atoms with Crippen molar-refractivity contribution in [2.45, 2.75) is 31.6 Å². The van der Waals surface area contributed by atoms with Crippen molar-refractivity contribution in [3.8, 4) is 0 Å². The third-order valence-electron chi connectivity index (χ3n) is 2.61. The van der Waals surface area contributed by atoms with E-state index in [9.17, 15) is 22.4 Å². The second-order valence-electron chi connectivity index (χ2n) is 3.54. The molecule has 0 saturated heterocycles. The maximum absolute atomic E-state index is 12.6. The molecule has 1 aliphatic rings. The second kappa shape index (κ2) is 3.27. The highest BCUT2D eigenvalue weighted by Crippen LogP contribution is 2.44. The minimum atomic E-state index is -2.87. The van der Waals surface area contributed by atoms with Crippen molar-refractivity contribution in [3.63, 3.8) is 0 Å². The van der Waals surface area contributed by atoms with Crippen LogP contribution in [0.5, 0.6) is 0 Å². The molecule has 0 heterocycles. The first-order chi connectivity index (χ1) is 5.92. The highest BCUT2D eigenvalue weighted by molar-refractivity contribution is 5.75. The van der Waals surface area contributed by atoms with Gasteiger partial charge < -0.3 is 0 Å².